The van der Waals surface area contributed by atoms with Crippen molar-refractivity contribution in [2.45, 2.75) is 6.04 Å². The third kappa shape index (κ3) is 2.77. The van der Waals surface area contributed by atoms with Crippen molar-refractivity contribution in [3.05, 3.63) is 46.3 Å². The van der Waals surface area contributed by atoms with Crippen molar-refractivity contribution >= 4 is 15.9 Å². The average Bonchev–Trinajstić information content (AvgIpc) is 2.86. The number of methoxy groups -OCH3 is 2. The van der Waals surface area contributed by atoms with E-state index in [1.54, 1.807) is 20.5 Å². The molecule has 1 heterocycles. The van der Waals surface area contributed by atoms with Crippen molar-refractivity contribution in [1.82, 2.24) is 5.32 Å². The van der Waals surface area contributed by atoms with Crippen molar-refractivity contribution < 1.29 is 13.9 Å². The second-order valence-corrected chi connectivity index (χ2v) is 4.82. The molecule has 1 atom stereocenters. The van der Waals surface area contributed by atoms with E-state index >= 15 is 0 Å². The second-order valence-electron chi connectivity index (χ2n) is 3.96. The molecule has 4 nitrogen and oxygen atoms in total. The summed E-state index contributed by atoms with van der Waals surface area (Å²) in [5.41, 5.74) is 0.958. The number of rotatable bonds is 5. The highest BCUT2D eigenvalue weighted by molar-refractivity contribution is 9.10. The standard InChI is InChI=1S/C14H16BrNO3/c1-16-13(14-11(15)6-7-19-14)10-8-9(17-2)4-5-12(10)18-3/h4-8,13,16H,1-3H3. The van der Waals surface area contributed by atoms with Crippen molar-refractivity contribution in [3.63, 3.8) is 0 Å². The van der Waals surface area contributed by atoms with Gasteiger partial charge in [-0.3, -0.25) is 0 Å². The average molecular weight is 326 g/mol. The lowest BCUT2D eigenvalue weighted by atomic mass is 10.0. The third-order valence-electron chi connectivity index (χ3n) is 2.94. The van der Waals surface area contributed by atoms with E-state index < -0.39 is 0 Å². The number of nitrogens with one attached hydrogen (secondary N) is 1. The first-order valence-electron chi connectivity index (χ1n) is 5.83. The summed E-state index contributed by atoms with van der Waals surface area (Å²) in [7, 11) is 5.16. The van der Waals surface area contributed by atoms with Gasteiger partial charge in [-0.25, -0.2) is 0 Å². The molecule has 1 unspecified atom stereocenters. The van der Waals surface area contributed by atoms with Crippen LogP contribution in [0.1, 0.15) is 17.4 Å². The van der Waals surface area contributed by atoms with Crippen LogP contribution in [0.25, 0.3) is 0 Å². The summed E-state index contributed by atoms with van der Waals surface area (Å²) >= 11 is 3.48. The second kappa shape index (κ2) is 6.12. The molecule has 2 rings (SSSR count). The van der Waals surface area contributed by atoms with Gasteiger partial charge in [0.15, 0.2) is 0 Å². The van der Waals surface area contributed by atoms with Crippen LogP contribution in [-0.4, -0.2) is 21.3 Å². The quantitative estimate of drug-likeness (QED) is 0.915. The molecule has 1 N–H and O–H groups in total. The smallest absolute Gasteiger partial charge is 0.139 e. The number of hydrogen-bond acceptors (Lipinski definition) is 4. The number of hydrogen-bond donors (Lipinski definition) is 1. The Morgan fingerprint density at radius 2 is 2.00 bits per heavy atom. The molecule has 0 spiro atoms. The van der Waals surface area contributed by atoms with Gasteiger partial charge in [0.1, 0.15) is 17.3 Å². The minimum absolute atomic E-state index is 0.116. The SMILES string of the molecule is CNC(c1cc(OC)ccc1OC)c1occc1Br. The Morgan fingerprint density at radius 1 is 1.21 bits per heavy atom. The Hall–Kier alpha value is -1.46. The van der Waals surface area contributed by atoms with Gasteiger partial charge >= 0.3 is 0 Å². The Morgan fingerprint density at radius 3 is 2.53 bits per heavy atom. The Kier molecular flexibility index (Phi) is 4.50. The van der Waals surface area contributed by atoms with Crippen LogP contribution in [-0.2, 0) is 0 Å². The van der Waals surface area contributed by atoms with E-state index in [0.717, 1.165) is 27.3 Å². The predicted molar refractivity (Wildman–Crippen MR) is 76.9 cm³/mol. The lowest BCUT2D eigenvalue weighted by molar-refractivity contribution is 0.387. The molecule has 1 aromatic carbocycles. The molecule has 2 aromatic rings. The number of ether oxygens (including phenoxy) is 2. The van der Waals surface area contributed by atoms with Gasteiger partial charge < -0.3 is 19.2 Å². The number of furan rings is 1. The van der Waals surface area contributed by atoms with Crippen molar-refractivity contribution in [3.8, 4) is 11.5 Å². The molecule has 5 heteroatoms. The Bertz CT molecular complexity index is 553. The minimum atomic E-state index is -0.116. The summed E-state index contributed by atoms with van der Waals surface area (Å²) < 4.78 is 17.1. The van der Waals surface area contributed by atoms with Crippen LogP contribution in [0.15, 0.2) is 39.4 Å². The van der Waals surface area contributed by atoms with Crippen LogP contribution in [0, 0.1) is 0 Å². The monoisotopic (exact) mass is 325 g/mol. The molecule has 0 bridgehead atoms. The lowest BCUT2D eigenvalue weighted by Gasteiger charge is -2.18. The third-order valence-corrected chi connectivity index (χ3v) is 3.60. The maximum Gasteiger partial charge on any atom is 0.139 e. The van der Waals surface area contributed by atoms with Crippen LogP contribution < -0.4 is 14.8 Å². The van der Waals surface area contributed by atoms with E-state index in [-0.39, 0.29) is 6.04 Å². The molecule has 0 aliphatic rings. The van der Waals surface area contributed by atoms with Gasteiger partial charge in [-0.05, 0) is 47.2 Å². The zero-order chi connectivity index (χ0) is 13.8. The molecule has 0 amide bonds. The fourth-order valence-corrected chi connectivity index (χ4v) is 2.43. The van der Waals surface area contributed by atoms with Crippen molar-refractivity contribution in [1.29, 1.82) is 0 Å². The normalized spacial score (nSPS) is 12.2. The van der Waals surface area contributed by atoms with E-state index in [1.807, 2.05) is 31.3 Å². The summed E-state index contributed by atoms with van der Waals surface area (Å²) in [6, 6.07) is 7.44. The predicted octanol–water partition coefficient (Wildman–Crippen LogP) is 3.37. The van der Waals surface area contributed by atoms with Crippen LogP contribution in [0.4, 0.5) is 0 Å². The molecule has 0 fully saturated rings. The molecule has 0 aliphatic heterocycles. The lowest BCUT2D eigenvalue weighted by Crippen LogP contribution is -2.18. The largest absolute Gasteiger partial charge is 0.497 e. The summed E-state index contributed by atoms with van der Waals surface area (Å²) in [6.45, 7) is 0. The first kappa shape index (κ1) is 14.0. The van der Waals surface area contributed by atoms with E-state index in [1.165, 1.54) is 0 Å². The highest BCUT2D eigenvalue weighted by Crippen LogP contribution is 2.36. The van der Waals surface area contributed by atoms with E-state index in [0.29, 0.717) is 0 Å². The van der Waals surface area contributed by atoms with E-state index in [4.69, 9.17) is 13.9 Å². The first-order valence-corrected chi connectivity index (χ1v) is 6.62. The summed E-state index contributed by atoms with van der Waals surface area (Å²) in [5.74, 6) is 2.36. The van der Waals surface area contributed by atoms with Gasteiger partial charge in [-0.2, -0.15) is 0 Å². The first-order chi connectivity index (χ1) is 9.21. The maximum absolute atomic E-state index is 5.54. The molecule has 0 saturated heterocycles. The Balaban J connectivity index is 2.51. The minimum Gasteiger partial charge on any atom is -0.497 e. The summed E-state index contributed by atoms with van der Waals surface area (Å²) in [5, 5.41) is 3.23. The maximum atomic E-state index is 5.54. The van der Waals surface area contributed by atoms with E-state index in [9.17, 15) is 0 Å². The fourth-order valence-electron chi connectivity index (χ4n) is 2.00. The number of benzene rings is 1. The number of halogens is 1. The highest BCUT2D eigenvalue weighted by Gasteiger charge is 2.22. The van der Waals surface area contributed by atoms with Crippen molar-refractivity contribution in [2.75, 3.05) is 21.3 Å². The van der Waals surface area contributed by atoms with Crippen LogP contribution in [0.2, 0.25) is 0 Å². The highest BCUT2D eigenvalue weighted by atomic mass is 79.9. The van der Waals surface area contributed by atoms with Crippen LogP contribution in [0.5, 0.6) is 11.5 Å². The molecule has 0 radical (unpaired) electrons. The van der Waals surface area contributed by atoms with Gasteiger partial charge in [-0.1, -0.05) is 0 Å². The van der Waals surface area contributed by atoms with Crippen molar-refractivity contribution in [2.24, 2.45) is 0 Å². The zero-order valence-corrected chi connectivity index (χ0v) is 12.7. The molecule has 102 valence electrons. The topological polar surface area (TPSA) is 43.6 Å². The molecule has 1 aromatic heterocycles. The van der Waals surface area contributed by atoms with Crippen LogP contribution >= 0.6 is 15.9 Å². The molecule has 0 saturated carbocycles. The molecule has 19 heavy (non-hydrogen) atoms. The molecular formula is C14H16BrNO3. The van der Waals surface area contributed by atoms with Gasteiger partial charge in [0.2, 0.25) is 0 Å². The van der Waals surface area contributed by atoms with Gasteiger partial charge in [0.25, 0.3) is 0 Å². The fraction of sp³-hybridized carbons (Fsp3) is 0.286. The molecule has 0 aliphatic carbocycles. The van der Waals surface area contributed by atoms with Crippen LogP contribution in [0.3, 0.4) is 0 Å². The van der Waals surface area contributed by atoms with E-state index in [2.05, 4.69) is 21.2 Å². The molecular weight excluding hydrogens is 310 g/mol. The summed E-state index contributed by atoms with van der Waals surface area (Å²) in [6.07, 6.45) is 1.65. The van der Waals surface area contributed by atoms with Gasteiger partial charge in [0.05, 0.1) is 31.0 Å². The zero-order valence-electron chi connectivity index (χ0n) is 11.1. The van der Waals surface area contributed by atoms with Gasteiger partial charge in [-0.15, -0.1) is 0 Å². The van der Waals surface area contributed by atoms with Gasteiger partial charge in [0, 0.05) is 5.56 Å². The Labute approximate surface area is 120 Å². The summed E-state index contributed by atoms with van der Waals surface area (Å²) in [4.78, 5) is 0.